The zero-order chi connectivity index (χ0) is 21.6. The van der Waals surface area contributed by atoms with E-state index in [9.17, 15) is 4.79 Å². The van der Waals surface area contributed by atoms with Crippen LogP contribution in [0.4, 0.5) is 0 Å². The molecule has 6 heteroatoms. The van der Waals surface area contributed by atoms with Gasteiger partial charge in [-0.2, -0.15) is 0 Å². The number of nitrogens with zero attached hydrogens (tertiary/aromatic N) is 3. The van der Waals surface area contributed by atoms with Gasteiger partial charge in [0, 0.05) is 5.69 Å². The summed E-state index contributed by atoms with van der Waals surface area (Å²) in [5.41, 5.74) is 4.40. The highest BCUT2D eigenvalue weighted by Crippen LogP contribution is 2.23. The van der Waals surface area contributed by atoms with E-state index in [1.165, 1.54) is 17.3 Å². The number of carbonyl (C=O) groups excluding carboxylic acids is 1. The molecule has 1 N–H and O–H groups in total. The molecule has 1 amide bonds. The van der Waals surface area contributed by atoms with Gasteiger partial charge in [-0.15, -0.1) is 10.2 Å². The van der Waals surface area contributed by atoms with E-state index in [-0.39, 0.29) is 17.7 Å². The first-order chi connectivity index (χ1) is 15.1. The van der Waals surface area contributed by atoms with Crippen LogP contribution in [0.15, 0.2) is 90.1 Å². The smallest absolute Gasteiger partial charge is 0.230 e. The molecule has 0 aliphatic heterocycles. The fourth-order valence-electron chi connectivity index (χ4n) is 3.40. The molecule has 5 nitrogen and oxygen atoms in total. The van der Waals surface area contributed by atoms with Crippen molar-refractivity contribution in [2.75, 3.05) is 5.75 Å². The van der Waals surface area contributed by atoms with E-state index < -0.39 is 0 Å². The summed E-state index contributed by atoms with van der Waals surface area (Å²) < 4.78 is 1.96. The molecule has 31 heavy (non-hydrogen) atoms. The van der Waals surface area contributed by atoms with Crippen LogP contribution in [0.2, 0.25) is 0 Å². The molecule has 0 fully saturated rings. The number of aryl methyl sites for hydroxylation is 1. The second-order valence-electron chi connectivity index (χ2n) is 7.27. The van der Waals surface area contributed by atoms with Crippen LogP contribution in [0, 0.1) is 6.92 Å². The summed E-state index contributed by atoms with van der Waals surface area (Å²) in [6, 6.07) is 28.4. The topological polar surface area (TPSA) is 59.8 Å². The first-order valence-corrected chi connectivity index (χ1v) is 11.2. The molecule has 4 aromatic rings. The lowest BCUT2D eigenvalue weighted by atomic mass is 10.0. The minimum absolute atomic E-state index is 0.0371. The van der Waals surface area contributed by atoms with E-state index in [4.69, 9.17) is 0 Å². The van der Waals surface area contributed by atoms with Crippen LogP contribution in [0.3, 0.4) is 0 Å². The number of carbonyl (C=O) groups is 1. The Balaban J connectivity index is 1.36. The van der Waals surface area contributed by atoms with Gasteiger partial charge in [0.25, 0.3) is 0 Å². The molecule has 3 aromatic carbocycles. The molecule has 156 valence electrons. The van der Waals surface area contributed by atoms with Crippen molar-refractivity contribution in [3.05, 3.63) is 96.3 Å². The Hall–Kier alpha value is -3.38. The predicted molar refractivity (Wildman–Crippen MR) is 125 cm³/mol. The van der Waals surface area contributed by atoms with Gasteiger partial charge in [0.15, 0.2) is 5.16 Å². The normalized spacial score (nSPS) is 11.8. The quantitative estimate of drug-likeness (QED) is 0.411. The Kier molecular flexibility index (Phi) is 6.48. The van der Waals surface area contributed by atoms with Gasteiger partial charge in [-0.05, 0) is 42.7 Å². The molecule has 1 atom stereocenters. The number of rotatable bonds is 7. The maximum Gasteiger partial charge on any atom is 0.230 e. The zero-order valence-corrected chi connectivity index (χ0v) is 18.3. The average molecular weight is 429 g/mol. The first-order valence-electron chi connectivity index (χ1n) is 10.2. The highest BCUT2D eigenvalue weighted by atomic mass is 32.2. The third-order valence-corrected chi connectivity index (χ3v) is 5.97. The van der Waals surface area contributed by atoms with Crippen LogP contribution in [0.1, 0.15) is 24.4 Å². The molecule has 0 bridgehead atoms. The van der Waals surface area contributed by atoms with Crippen LogP contribution >= 0.6 is 11.8 Å². The number of benzene rings is 3. The molecular formula is C25H24N4OS. The second kappa shape index (κ2) is 9.62. The number of nitrogens with one attached hydrogen (secondary N) is 1. The van der Waals surface area contributed by atoms with E-state index in [0.29, 0.717) is 5.16 Å². The molecule has 4 rings (SSSR count). The fraction of sp³-hybridized carbons (Fsp3) is 0.160. The van der Waals surface area contributed by atoms with E-state index in [2.05, 4.69) is 51.9 Å². The number of aromatic nitrogens is 3. The van der Waals surface area contributed by atoms with Crippen molar-refractivity contribution < 1.29 is 4.79 Å². The van der Waals surface area contributed by atoms with Crippen LogP contribution < -0.4 is 5.32 Å². The van der Waals surface area contributed by atoms with Gasteiger partial charge >= 0.3 is 0 Å². The van der Waals surface area contributed by atoms with Gasteiger partial charge in [0.05, 0.1) is 11.8 Å². The predicted octanol–water partition coefficient (Wildman–Crippen LogP) is 5.21. The molecular weight excluding hydrogens is 404 g/mol. The van der Waals surface area contributed by atoms with Crippen molar-refractivity contribution in [2.45, 2.75) is 25.0 Å². The van der Waals surface area contributed by atoms with Crippen LogP contribution in [0.25, 0.3) is 16.8 Å². The van der Waals surface area contributed by atoms with E-state index in [1.807, 2.05) is 66.9 Å². The maximum atomic E-state index is 12.6. The maximum absolute atomic E-state index is 12.6. The van der Waals surface area contributed by atoms with Crippen molar-refractivity contribution in [1.29, 1.82) is 0 Å². The molecule has 0 spiro atoms. The number of thioether (sulfide) groups is 1. The highest BCUT2D eigenvalue weighted by Gasteiger charge is 2.15. The largest absolute Gasteiger partial charge is 0.349 e. The summed E-state index contributed by atoms with van der Waals surface area (Å²) in [5, 5.41) is 12.2. The Morgan fingerprint density at radius 1 is 0.903 bits per heavy atom. The lowest BCUT2D eigenvalue weighted by Gasteiger charge is -2.15. The van der Waals surface area contributed by atoms with E-state index >= 15 is 0 Å². The molecule has 0 saturated heterocycles. The minimum atomic E-state index is -0.0772. The van der Waals surface area contributed by atoms with Gasteiger partial charge < -0.3 is 5.32 Å². The molecule has 0 saturated carbocycles. The Morgan fingerprint density at radius 3 is 2.19 bits per heavy atom. The number of para-hydroxylation sites is 1. The van der Waals surface area contributed by atoms with Crippen LogP contribution in [0.5, 0.6) is 0 Å². The third-order valence-electron chi connectivity index (χ3n) is 5.04. The van der Waals surface area contributed by atoms with Gasteiger partial charge in [0.1, 0.15) is 5.82 Å². The van der Waals surface area contributed by atoms with Gasteiger partial charge in [0.2, 0.25) is 5.91 Å². The Labute approximate surface area is 186 Å². The fourth-order valence-corrected chi connectivity index (χ4v) is 4.21. The lowest BCUT2D eigenvalue weighted by Crippen LogP contribution is -2.28. The van der Waals surface area contributed by atoms with Crippen molar-refractivity contribution in [3.8, 4) is 16.8 Å². The lowest BCUT2D eigenvalue weighted by molar-refractivity contribution is -0.119. The number of hydrogen-bond donors (Lipinski definition) is 1. The van der Waals surface area contributed by atoms with E-state index in [0.717, 1.165) is 22.6 Å². The standard InChI is InChI=1S/C25H24N4OS/c1-18(20-13-15-22(16-14-20)21-9-5-3-6-10-21)26-24(30)17-31-25-28-27-19(2)29(25)23-11-7-4-8-12-23/h3-16,18H,17H2,1-2H3,(H,26,30)/t18-/m0/s1. The minimum Gasteiger partial charge on any atom is -0.349 e. The van der Waals surface area contributed by atoms with Crippen molar-refractivity contribution in [1.82, 2.24) is 20.1 Å². The highest BCUT2D eigenvalue weighted by molar-refractivity contribution is 7.99. The van der Waals surface area contributed by atoms with Crippen LogP contribution in [-0.2, 0) is 4.79 Å². The molecule has 0 radical (unpaired) electrons. The Bertz CT molecular complexity index is 1140. The summed E-state index contributed by atoms with van der Waals surface area (Å²) in [6.45, 7) is 3.90. The van der Waals surface area contributed by atoms with Gasteiger partial charge in [-0.25, -0.2) is 0 Å². The second-order valence-corrected chi connectivity index (χ2v) is 8.21. The summed E-state index contributed by atoms with van der Waals surface area (Å²) in [6.07, 6.45) is 0. The average Bonchev–Trinajstić information content (AvgIpc) is 3.19. The zero-order valence-electron chi connectivity index (χ0n) is 17.5. The Morgan fingerprint density at radius 2 is 1.52 bits per heavy atom. The third kappa shape index (κ3) is 5.03. The summed E-state index contributed by atoms with van der Waals surface area (Å²) >= 11 is 1.39. The molecule has 1 aromatic heterocycles. The number of hydrogen-bond acceptors (Lipinski definition) is 4. The van der Waals surface area contributed by atoms with Gasteiger partial charge in [-0.3, -0.25) is 9.36 Å². The first kappa shape index (κ1) is 20.9. The molecule has 1 heterocycles. The number of amides is 1. The molecule has 0 aliphatic carbocycles. The van der Waals surface area contributed by atoms with Gasteiger partial charge in [-0.1, -0.05) is 84.6 Å². The van der Waals surface area contributed by atoms with Crippen LogP contribution in [-0.4, -0.2) is 26.4 Å². The van der Waals surface area contributed by atoms with Crippen molar-refractivity contribution in [2.24, 2.45) is 0 Å². The van der Waals surface area contributed by atoms with Crippen molar-refractivity contribution >= 4 is 17.7 Å². The monoisotopic (exact) mass is 428 g/mol. The van der Waals surface area contributed by atoms with Crippen molar-refractivity contribution in [3.63, 3.8) is 0 Å². The summed E-state index contributed by atoms with van der Waals surface area (Å²) in [5.74, 6) is 1.03. The molecule has 0 unspecified atom stereocenters. The SMILES string of the molecule is Cc1nnc(SCC(=O)N[C@@H](C)c2ccc(-c3ccccc3)cc2)n1-c1ccccc1. The summed E-state index contributed by atoms with van der Waals surface area (Å²) in [7, 11) is 0. The molecule has 0 aliphatic rings. The summed E-state index contributed by atoms with van der Waals surface area (Å²) in [4.78, 5) is 12.6. The van der Waals surface area contributed by atoms with E-state index in [1.54, 1.807) is 0 Å².